The second kappa shape index (κ2) is 6.77. The third-order valence-corrected chi connectivity index (χ3v) is 5.56. The van der Waals surface area contributed by atoms with E-state index in [1.165, 1.54) is 13.2 Å². The molecule has 1 aromatic rings. The van der Waals surface area contributed by atoms with Gasteiger partial charge >= 0.3 is 0 Å². The highest BCUT2D eigenvalue weighted by atomic mass is 32.2. The Labute approximate surface area is 126 Å². The molecule has 0 radical (unpaired) electrons. The topological polar surface area (TPSA) is 66.8 Å². The Bertz CT molecular complexity index is 581. The Morgan fingerprint density at radius 1 is 1.38 bits per heavy atom. The third kappa shape index (κ3) is 3.75. The fourth-order valence-corrected chi connectivity index (χ4v) is 4.05. The maximum absolute atomic E-state index is 12.8. The molecule has 0 amide bonds. The first-order valence-corrected chi connectivity index (χ1v) is 8.74. The summed E-state index contributed by atoms with van der Waals surface area (Å²) in [5.74, 6) is 0.785. The van der Waals surface area contributed by atoms with Crippen LogP contribution >= 0.6 is 0 Å². The zero-order valence-electron chi connectivity index (χ0n) is 12.6. The molecule has 118 valence electrons. The van der Waals surface area contributed by atoms with Gasteiger partial charge in [0.2, 0.25) is 10.0 Å². The van der Waals surface area contributed by atoms with Gasteiger partial charge in [-0.1, -0.05) is 13.0 Å². The first-order valence-electron chi connectivity index (χ1n) is 7.30. The van der Waals surface area contributed by atoms with Gasteiger partial charge in [-0.3, -0.25) is 0 Å². The molecule has 1 aliphatic rings. The molecule has 1 aliphatic carbocycles. The van der Waals surface area contributed by atoms with Crippen LogP contribution in [0.4, 0.5) is 0 Å². The summed E-state index contributed by atoms with van der Waals surface area (Å²) in [5, 5.41) is 9.16. The second-order valence-corrected chi connectivity index (χ2v) is 7.36. The van der Waals surface area contributed by atoms with E-state index in [2.05, 4.69) is 0 Å². The van der Waals surface area contributed by atoms with Gasteiger partial charge in [0, 0.05) is 13.1 Å². The van der Waals surface area contributed by atoms with Crippen LogP contribution in [0.15, 0.2) is 23.1 Å². The predicted molar refractivity (Wildman–Crippen MR) is 80.7 cm³/mol. The zero-order valence-corrected chi connectivity index (χ0v) is 13.4. The molecule has 0 spiro atoms. The Kier molecular flexibility index (Phi) is 5.24. The van der Waals surface area contributed by atoms with Crippen molar-refractivity contribution in [2.24, 2.45) is 5.92 Å². The molecule has 0 unspecified atom stereocenters. The Morgan fingerprint density at radius 3 is 2.62 bits per heavy atom. The number of ether oxygens (including phenoxy) is 1. The SMILES string of the molecule is CCCN(CC1CC1)S(=O)(=O)c1ccc(CO)cc1OC. The van der Waals surface area contributed by atoms with E-state index in [4.69, 9.17) is 9.84 Å². The molecule has 1 N–H and O–H groups in total. The molecule has 0 atom stereocenters. The van der Waals surface area contributed by atoms with Crippen LogP contribution in [0.25, 0.3) is 0 Å². The number of aliphatic hydroxyl groups is 1. The zero-order chi connectivity index (χ0) is 15.5. The van der Waals surface area contributed by atoms with E-state index < -0.39 is 10.0 Å². The molecule has 0 aliphatic heterocycles. The van der Waals surface area contributed by atoms with Crippen molar-refractivity contribution in [3.05, 3.63) is 23.8 Å². The van der Waals surface area contributed by atoms with E-state index in [0.29, 0.717) is 30.3 Å². The summed E-state index contributed by atoms with van der Waals surface area (Å²) >= 11 is 0. The quantitative estimate of drug-likeness (QED) is 0.797. The molecular weight excluding hydrogens is 290 g/mol. The Morgan fingerprint density at radius 2 is 2.10 bits per heavy atom. The minimum absolute atomic E-state index is 0.141. The lowest BCUT2D eigenvalue weighted by Crippen LogP contribution is -2.34. The molecule has 0 saturated heterocycles. The van der Waals surface area contributed by atoms with E-state index in [-0.39, 0.29) is 11.5 Å². The average Bonchev–Trinajstić information content (AvgIpc) is 3.30. The largest absolute Gasteiger partial charge is 0.495 e. The number of nitrogens with zero attached hydrogens (tertiary/aromatic N) is 1. The molecule has 21 heavy (non-hydrogen) atoms. The van der Waals surface area contributed by atoms with Crippen molar-refractivity contribution >= 4 is 10.0 Å². The minimum Gasteiger partial charge on any atom is -0.495 e. The lowest BCUT2D eigenvalue weighted by Gasteiger charge is -2.22. The molecule has 2 rings (SSSR count). The summed E-state index contributed by atoms with van der Waals surface area (Å²) in [6.07, 6.45) is 3.00. The van der Waals surface area contributed by atoms with Gasteiger partial charge in [0.25, 0.3) is 0 Å². The van der Waals surface area contributed by atoms with Crippen LogP contribution in [0.5, 0.6) is 5.75 Å². The van der Waals surface area contributed by atoms with Crippen molar-refractivity contribution in [2.75, 3.05) is 20.2 Å². The maximum Gasteiger partial charge on any atom is 0.246 e. The number of hydrogen-bond acceptors (Lipinski definition) is 4. The Balaban J connectivity index is 2.35. The van der Waals surface area contributed by atoms with Crippen molar-refractivity contribution in [1.29, 1.82) is 0 Å². The summed E-state index contributed by atoms with van der Waals surface area (Å²) in [6.45, 7) is 2.93. The average molecular weight is 313 g/mol. The van der Waals surface area contributed by atoms with E-state index >= 15 is 0 Å². The summed E-state index contributed by atoms with van der Waals surface area (Å²) < 4.78 is 32.5. The first-order chi connectivity index (χ1) is 10.0. The molecule has 0 bridgehead atoms. The van der Waals surface area contributed by atoms with Crippen molar-refractivity contribution in [3.8, 4) is 5.75 Å². The van der Waals surface area contributed by atoms with Gasteiger partial charge in [0.1, 0.15) is 10.6 Å². The van der Waals surface area contributed by atoms with Crippen molar-refractivity contribution < 1.29 is 18.3 Å². The fraction of sp³-hybridized carbons (Fsp3) is 0.600. The third-order valence-electron chi connectivity index (χ3n) is 3.66. The van der Waals surface area contributed by atoms with E-state index in [9.17, 15) is 8.42 Å². The van der Waals surface area contributed by atoms with Gasteiger partial charge in [-0.05, 0) is 42.9 Å². The van der Waals surface area contributed by atoms with Gasteiger partial charge in [-0.25, -0.2) is 8.42 Å². The van der Waals surface area contributed by atoms with E-state index in [1.54, 1.807) is 16.4 Å². The van der Waals surface area contributed by atoms with Crippen LogP contribution in [0, 0.1) is 5.92 Å². The van der Waals surface area contributed by atoms with Crippen LogP contribution in [-0.4, -0.2) is 38.0 Å². The molecule has 1 fully saturated rings. The number of benzene rings is 1. The van der Waals surface area contributed by atoms with Gasteiger partial charge < -0.3 is 9.84 Å². The van der Waals surface area contributed by atoms with Gasteiger partial charge in [0.15, 0.2) is 0 Å². The Hall–Kier alpha value is -1.11. The number of methoxy groups -OCH3 is 1. The molecule has 0 aromatic heterocycles. The monoisotopic (exact) mass is 313 g/mol. The fourth-order valence-electron chi connectivity index (χ4n) is 2.31. The molecule has 5 nitrogen and oxygen atoms in total. The number of rotatable bonds is 8. The van der Waals surface area contributed by atoms with E-state index in [1.807, 2.05) is 6.92 Å². The van der Waals surface area contributed by atoms with Crippen molar-refractivity contribution in [2.45, 2.75) is 37.7 Å². The molecular formula is C15H23NO4S. The van der Waals surface area contributed by atoms with Gasteiger partial charge in [-0.15, -0.1) is 0 Å². The van der Waals surface area contributed by atoms with Gasteiger partial charge in [0.05, 0.1) is 13.7 Å². The summed E-state index contributed by atoms with van der Waals surface area (Å²) in [6, 6.07) is 4.72. The lowest BCUT2D eigenvalue weighted by molar-refractivity contribution is 0.280. The highest BCUT2D eigenvalue weighted by Crippen LogP contribution is 2.34. The highest BCUT2D eigenvalue weighted by Gasteiger charge is 2.32. The summed E-state index contributed by atoms with van der Waals surface area (Å²) in [4.78, 5) is 0.177. The van der Waals surface area contributed by atoms with Crippen LogP contribution in [-0.2, 0) is 16.6 Å². The molecule has 1 aromatic carbocycles. The number of aliphatic hydroxyl groups excluding tert-OH is 1. The van der Waals surface area contributed by atoms with Crippen molar-refractivity contribution in [1.82, 2.24) is 4.31 Å². The van der Waals surface area contributed by atoms with Crippen LogP contribution in [0.1, 0.15) is 31.7 Å². The normalized spacial score (nSPS) is 15.4. The lowest BCUT2D eigenvalue weighted by atomic mass is 10.2. The molecule has 6 heteroatoms. The summed E-state index contributed by atoms with van der Waals surface area (Å²) in [5.41, 5.74) is 0.634. The van der Waals surface area contributed by atoms with Crippen LogP contribution in [0.3, 0.4) is 0 Å². The minimum atomic E-state index is -3.56. The first kappa shape index (κ1) is 16.3. The van der Waals surface area contributed by atoms with E-state index in [0.717, 1.165) is 19.3 Å². The smallest absolute Gasteiger partial charge is 0.246 e. The highest BCUT2D eigenvalue weighted by molar-refractivity contribution is 7.89. The number of sulfonamides is 1. The second-order valence-electron chi connectivity index (χ2n) is 5.45. The maximum atomic E-state index is 12.8. The summed E-state index contributed by atoms with van der Waals surface area (Å²) in [7, 11) is -2.11. The number of hydrogen-bond donors (Lipinski definition) is 1. The van der Waals surface area contributed by atoms with Gasteiger partial charge in [-0.2, -0.15) is 4.31 Å². The predicted octanol–water partition coefficient (Wildman–Crippen LogP) is 2.00. The molecule has 0 heterocycles. The van der Waals surface area contributed by atoms with Crippen LogP contribution < -0.4 is 4.74 Å². The van der Waals surface area contributed by atoms with Crippen molar-refractivity contribution in [3.63, 3.8) is 0 Å². The molecule has 1 saturated carbocycles. The standard InChI is InChI=1S/C15H23NO4S/c1-3-8-16(10-12-4-5-12)21(18,19)15-7-6-13(11-17)9-14(15)20-2/h6-7,9,12,17H,3-5,8,10-11H2,1-2H3. The van der Waals surface area contributed by atoms with Crippen LogP contribution in [0.2, 0.25) is 0 Å².